The highest BCUT2D eigenvalue weighted by Gasteiger charge is 2.19. The van der Waals surface area contributed by atoms with Gasteiger partial charge < -0.3 is 5.32 Å². The van der Waals surface area contributed by atoms with E-state index in [1.807, 2.05) is 18.5 Å². The van der Waals surface area contributed by atoms with Gasteiger partial charge in [0, 0.05) is 18.4 Å². The fraction of sp³-hybridized carbons (Fsp3) is 0.615. The van der Waals surface area contributed by atoms with E-state index in [-0.39, 0.29) is 5.41 Å². The van der Waals surface area contributed by atoms with E-state index in [4.69, 9.17) is 0 Å². The number of hydrogen-bond acceptors (Lipinski definition) is 2. The van der Waals surface area contributed by atoms with Crippen LogP contribution in [0.15, 0.2) is 24.5 Å². The maximum atomic E-state index is 4.17. The van der Waals surface area contributed by atoms with Gasteiger partial charge in [-0.3, -0.25) is 4.98 Å². The van der Waals surface area contributed by atoms with Crippen molar-refractivity contribution >= 4 is 0 Å². The zero-order chi connectivity index (χ0) is 11.3. The summed E-state index contributed by atoms with van der Waals surface area (Å²) in [6.45, 7) is 9.95. The Bertz CT molecular complexity index is 278. The van der Waals surface area contributed by atoms with Crippen LogP contribution in [0.25, 0.3) is 0 Å². The Labute approximate surface area is 93.1 Å². The highest BCUT2D eigenvalue weighted by molar-refractivity contribution is 5.19. The van der Waals surface area contributed by atoms with Crippen molar-refractivity contribution in [3.63, 3.8) is 0 Å². The highest BCUT2D eigenvalue weighted by Crippen LogP contribution is 2.25. The van der Waals surface area contributed by atoms with Crippen LogP contribution >= 0.6 is 0 Å². The summed E-state index contributed by atoms with van der Waals surface area (Å²) in [6, 6.07) is 4.73. The van der Waals surface area contributed by atoms with Gasteiger partial charge in [0.15, 0.2) is 0 Å². The monoisotopic (exact) mass is 206 g/mol. The molecule has 0 atom stereocenters. The van der Waals surface area contributed by atoms with E-state index in [0.29, 0.717) is 6.04 Å². The van der Waals surface area contributed by atoms with E-state index in [2.05, 4.69) is 44.1 Å². The molecule has 1 aromatic heterocycles. The topological polar surface area (TPSA) is 24.9 Å². The van der Waals surface area contributed by atoms with Gasteiger partial charge >= 0.3 is 0 Å². The highest BCUT2D eigenvalue weighted by atomic mass is 14.9. The Balaban J connectivity index is 2.52. The molecule has 0 aromatic carbocycles. The molecule has 0 amide bonds. The lowest BCUT2D eigenvalue weighted by molar-refractivity contribution is 0.440. The maximum absolute atomic E-state index is 4.17. The van der Waals surface area contributed by atoms with Gasteiger partial charge in [-0.25, -0.2) is 0 Å². The van der Waals surface area contributed by atoms with Crippen LogP contribution in [-0.4, -0.2) is 17.6 Å². The Morgan fingerprint density at radius 3 is 2.67 bits per heavy atom. The molecule has 1 heterocycles. The van der Waals surface area contributed by atoms with Gasteiger partial charge in [-0.05, 0) is 30.0 Å². The average molecular weight is 206 g/mol. The van der Waals surface area contributed by atoms with E-state index in [9.17, 15) is 0 Å². The lowest BCUT2D eigenvalue weighted by Crippen LogP contribution is -2.29. The van der Waals surface area contributed by atoms with Gasteiger partial charge in [0.1, 0.15) is 0 Å². The first-order valence-corrected chi connectivity index (χ1v) is 5.66. The molecular weight excluding hydrogens is 184 g/mol. The first-order valence-electron chi connectivity index (χ1n) is 5.66. The normalized spacial score (nSPS) is 12.1. The minimum Gasteiger partial charge on any atom is -0.315 e. The van der Waals surface area contributed by atoms with Crippen molar-refractivity contribution in [3.8, 4) is 0 Å². The van der Waals surface area contributed by atoms with Crippen LogP contribution in [-0.2, 0) is 5.41 Å². The zero-order valence-corrected chi connectivity index (χ0v) is 10.2. The van der Waals surface area contributed by atoms with Crippen LogP contribution in [0.1, 0.15) is 39.7 Å². The van der Waals surface area contributed by atoms with Crippen LogP contribution in [0.2, 0.25) is 0 Å². The van der Waals surface area contributed by atoms with Crippen molar-refractivity contribution in [2.75, 3.05) is 6.54 Å². The molecule has 0 aliphatic carbocycles. The summed E-state index contributed by atoms with van der Waals surface area (Å²) < 4.78 is 0. The molecule has 1 N–H and O–H groups in total. The Kier molecular flexibility index (Phi) is 4.28. The van der Waals surface area contributed by atoms with Gasteiger partial charge in [0.25, 0.3) is 0 Å². The van der Waals surface area contributed by atoms with Gasteiger partial charge in [-0.2, -0.15) is 0 Å². The third-order valence-electron chi connectivity index (χ3n) is 2.75. The molecule has 0 fully saturated rings. The molecule has 0 saturated carbocycles. The molecule has 84 valence electrons. The molecule has 0 bridgehead atoms. The molecule has 0 aliphatic rings. The lowest BCUT2D eigenvalue weighted by Gasteiger charge is -2.25. The van der Waals surface area contributed by atoms with E-state index in [1.54, 1.807) is 0 Å². The molecule has 0 radical (unpaired) electrons. The number of nitrogens with zero attached hydrogens (tertiary/aromatic N) is 1. The molecule has 2 nitrogen and oxygen atoms in total. The Morgan fingerprint density at radius 2 is 2.13 bits per heavy atom. The van der Waals surface area contributed by atoms with Crippen LogP contribution in [0.3, 0.4) is 0 Å². The fourth-order valence-corrected chi connectivity index (χ4v) is 1.58. The van der Waals surface area contributed by atoms with E-state index in [1.165, 1.54) is 5.56 Å². The number of hydrogen-bond donors (Lipinski definition) is 1. The summed E-state index contributed by atoms with van der Waals surface area (Å²) in [5.74, 6) is 0. The minimum absolute atomic E-state index is 0.205. The van der Waals surface area contributed by atoms with Crippen LogP contribution < -0.4 is 5.32 Å². The van der Waals surface area contributed by atoms with Crippen LogP contribution in [0.4, 0.5) is 0 Å². The first-order chi connectivity index (χ1) is 7.02. The quantitative estimate of drug-likeness (QED) is 0.801. The second kappa shape index (κ2) is 5.26. The molecule has 0 spiro atoms. The first kappa shape index (κ1) is 12.2. The molecule has 0 saturated heterocycles. The van der Waals surface area contributed by atoms with Crippen molar-refractivity contribution in [3.05, 3.63) is 30.1 Å². The summed E-state index contributed by atoms with van der Waals surface area (Å²) in [5.41, 5.74) is 1.52. The predicted molar refractivity (Wildman–Crippen MR) is 65.0 cm³/mol. The molecule has 1 aromatic rings. The lowest BCUT2D eigenvalue weighted by atomic mass is 9.82. The predicted octanol–water partition coefficient (Wildman–Crippen LogP) is 2.75. The molecule has 0 unspecified atom stereocenters. The van der Waals surface area contributed by atoms with Crippen molar-refractivity contribution < 1.29 is 0 Å². The summed E-state index contributed by atoms with van der Waals surface area (Å²) >= 11 is 0. The third kappa shape index (κ3) is 4.00. The molecule has 0 aliphatic heterocycles. The fourth-order valence-electron chi connectivity index (χ4n) is 1.58. The Hall–Kier alpha value is -0.890. The summed E-state index contributed by atoms with van der Waals surface area (Å²) in [6.07, 6.45) is 4.93. The standard InChI is InChI=1S/C13H22N2/c1-11(2)15-9-7-13(3,4)12-6-5-8-14-10-12/h5-6,8,10-11,15H,7,9H2,1-4H3. The average Bonchev–Trinajstić information content (AvgIpc) is 2.18. The van der Waals surface area contributed by atoms with Gasteiger partial charge in [0.05, 0.1) is 0 Å². The summed E-state index contributed by atoms with van der Waals surface area (Å²) in [7, 11) is 0. The van der Waals surface area contributed by atoms with Crippen molar-refractivity contribution in [1.82, 2.24) is 10.3 Å². The van der Waals surface area contributed by atoms with E-state index in [0.717, 1.165) is 13.0 Å². The Morgan fingerprint density at radius 1 is 1.40 bits per heavy atom. The van der Waals surface area contributed by atoms with Gasteiger partial charge in [0.2, 0.25) is 0 Å². The second-order valence-electron chi connectivity index (χ2n) is 4.98. The van der Waals surface area contributed by atoms with Crippen LogP contribution in [0, 0.1) is 0 Å². The number of nitrogens with one attached hydrogen (secondary N) is 1. The van der Waals surface area contributed by atoms with Crippen molar-refractivity contribution in [1.29, 1.82) is 0 Å². The summed E-state index contributed by atoms with van der Waals surface area (Å²) in [4.78, 5) is 4.17. The third-order valence-corrected chi connectivity index (χ3v) is 2.75. The van der Waals surface area contributed by atoms with E-state index < -0.39 is 0 Å². The minimum atomic E-state index is 0.205. The van der Waals surface area contributed by atoms with Crippen molar-refractivity contribution in [2.45, 2.75) is 45.6 Å². The second-order valence-corrected chi connectivity index (χ2v) is 4.98. The number of pyridine rings is 1. The van der Waals surface area contributed by atoms with Gasteiger partial charge in [-0.1, -0.05) is 33.8 Å². The smallest absolute Gasteiger partial charge is 0.0305 e. The molecule has 1 rings (SSSR count). The molecule has 15 heavy (non-hydrogen) atoms. The largest absolute Gasteiger partial charge is 0.315 e. The zero-order valence-electron chi connectivity index (χ0n) is 10.2. The molecule has 2 heteroatoms. The van der Waals surface area contributed by atoms with Gasteiger partial charge in [-0.15, -0.1) is 0 Å². The number of rotatable bonds is 5. The molecular formula is C13H22N2. The van der Waals surface area contributed by atoms with E-state index >= 15 is 0 Å². The summed E-state index contributed by atoms with van der Waals surface area (Å²) in [5, 5.41) is 3.45. The number of aromatic nitrogens is 1. The maximum Gasteiger partial charge on any atom is 0.0305 e. The SMILES string of the molecule is CC(C)NCCC(C)(C)c1cccnc1. The van der Waals surface area contributed by atoms with Crippen LogP contribution in [0.5, 0.6) is 0 Å². The van der Waals surface area contributed by atoms with Crippen molar-refractivity contribution in [2.24, 2.45) is 0 Å².